The molecule has 4 aromatic carbocycles. The average Bonchev–Trinajstić information content (AvgIpc) is 2.89. The van der Waals surface area contributed by atoms with Gasteiger partial charge >= 0.3 is 240 Å². The quantitative estimate of drug-likeness (QED) is 0.187. The molecule has 7 heteroatoms. The first-order valence-electron chi connectivity index (χ1n) is 13.4. The minimum absolute atomic E-state index is 0.482. The van der Waals surface area contributed by atoms with Crippen molar-refractivity contribution >= 4 is 71.7 Å². The van der Waals surface area contributed by atoms with E-state index < -0.39 is 46.6 Å². The van der Waals surface area contributed by atoms with Crippen LogP contribution >= 0.6 is 14.4 Å². The Morgan fingerprint density at radius 2 is 0.947 bits per heavy atom. The van der Waals surface area contributed by atoms with Gasteiger partial charge in [-0.3, -0.25) is 0 Å². The summed E-state index contributed by atoms with van der Waals surface area (Å²) in [5.74, 6) is 0. The molecule has 38 heavy (non-hydrogen) atoms. The maximum absolute atomic E-state index is 4.53. The molecule has 0 saturated carbocycles. The molecule has 2 radical (unpaired) electrons. The molecule has 0 spiro atoms. The van der Waals surface area contributed by atoms with E-state index in [1.165, 1.54) is 21.2 Å². The van der Waals surface area contributed by atoms with E-state index in [-0.39, 0.29) is 0 Å². The SMILES string of the molecule is C[Si](C)(C)NP(=[C]1[Ge][N]([Si](C)(C)C)[P+]1(c1ccccc1)c1ccccc1)(c1ccccc1)c1ccccc1. The van der Waals surface area contributed by atoms with Crippen LogP contribution in [0.2, 0.25) is 39.3 Å². The summed E-state index contributed by atoms with van der Waals surface area (Å²) in [4.78, 5) is 0. The van der Waals surface area contributed by atoms with Crippen molar-refractivity contribution in [2.45, 2.75) is 39.3 Å². The van der Waals surface area contributed by atoms with Crippen molar-refractivity contribution in [2.24, 2.45) is 0 Å². The van der Waals surface area contributed by atoms with E-state index in [1.54, 1.807) is 0 Å². The number of hydrogen-bond acceptors (Lipinski definition) is 2. The zero-order chi connectivity index (χ0) is 27.0. The Balaban J connectivity index is 2.03. The molecular weight excluding hydrogens is 591 g/mol. The van der Waals surface area contributed by atoms with E-state index in [9.17, 15) is 0 Å². The Labute approximate surface area is 239 Å². The zero-order valence-electron chi connectivity index (χ0n) is 23.4. The molecule has 0 aliphatic carbocycles. The summed E-state index contributed by atoms with van der Waals surface area (Å²) in [6, 6.07) is 46.1. The summed E-state index contributed by atoms with van der Waals surface area (Å²) in [6.07, 6.45) is 0. The minimum atomic E-state index is -2.07. The molecule has 0 aromatic heterocycles. The summed E-state index contributed by atoms with van der Waals surface area (Å²) in [5, 5.41) is 6.01. The maximum atomic E-state index is 4.53. The fourth-order valence-electron chi connectivity index (χ4n) is 5.50. The third-order valence-electron chi connectivity index (χ3n) is 6.82. The Bertz CT molecular complexity index is 1350. The van der Waals surface area contributed by atoms with Crippen molar-refractivity contribution in [1.29, 1.82) is 0 Å². The molecule has 0 amide bonds. The average molecular weight is 630 g/mol. The van der Waals surface area contributed by atoms with Crippen LogP contribution in [-0.4, -0.2) is 39.3 Å². The van der Waals surface area contributed by atoms with Gasteiger partial charge in [0.15, 0.2) is 0 Å². The van der Waals surface area contributed by atoms with Gasteiger partial charge in [-0.05, 0) is 0 Å². The van der Waals surface area contributed by atoms with Crippen LogP contribution in [-0.2, 0) is 0 Å². The normalized spacial score (nSPS) is 16.2. The van der Waals surface area contributed by atoms with Crippen molar-refractivity contribution in [1.82, 2.24) is 8.05 Å². The first kappa shape index (κ1) is 28.1. The molecular formula is C31H39GeN2P2Si2+. The number of rotatable bonds is 7. The Hall–Kier alpha value is -1.49. The second kappa shape index (κ2) is 10.8. The molecule has 0 unspecified atom stereocenters. The molecule has 1 aliphatic heterocycles. The summed E-state index contributed by atoms with van der Waals surface area (Å²) < 4.78 is 9.50. The fraction of sp³-hybridized carbons (Fsp3) is 0.194. The summed E-state index contributed by atoms with van der Waals surface area (Å²) in [5.41, 5.74) is 0. The molecule has 1 saturated heterocycles. The summed E-state index contributed by atoms with van der Waals surface area (Å²) in [7, 11) is -7.41. The standard InChI is InChI=1S/C31H39GeN2P2Si2/c1-37(2,3)33-35(27-19-11-7-12-20-27,28-21-13-8-14-22-28)31-32-34(38(4,5)6)36(31,29-23-15-9-16-24-29)30-25-17-10-18-26-30/h7-26,33H,1-6H3/q+1. The van der Waals surface area contributed by atoms with Crippen molar-refractivity contribution in [3.63, 3.8) is 0 Å². The van der Waals surface area contributed by atoms with Crippen molar-refractivity contribution in [3.05, 3.63) is 121 Å². The van der Waals surface area contributed by atoms with Crippen LogP contribution < -0.4 is 26.0 Å². The summed E-state index contributed by atoms with van der Waals surface area (Å²) in [6.45, 7) is 15.1. The van der Waals surface area contributed by atoms with Crippen LogP contribution in [0, 0.1) is 0 Å². The van der Waals surface area contributed by atoms with Crippen LogP contribution in [0.4, 0.5) is 0 Å². The van der Waals surface area contributed by atoms with Gasteiger partial charge in [0, 0.05) is 0 Å². The first-order valence-corrected chi connectivity index (χ1v) is 25.8. The van der Waals surface area contributed by atoms with E-state index in [2.05, 4.69) is 169 Å². The van der Waals surface area contributed by atoms with Crippen LogP contribution in [0.1, 0.15) is 0 Å². The molecule has 0 bridgehead atoms. The Morgan fingerprint density at radius 3 is 1.29 bits per heavy atom. The van der Waals surface area contributed by atoms with E-state index in [1.807, 2.05) is 3.87 Å². The molecule has 1 fully saturated rings. The Morgan fingerprint density at radius 1 is 0.579 bits per heavy atom. The first-order chi connectivity index (χ1) is 18.1. The van der Waals surface area contributed by atoms with Crippen LogP contribution in [0.25, 0.3) is 0 Å². The van der Waals surface area contributed by atoms with Crippen molar-refractivity contribution in [2.75, 3.05) is 0 Å². The predicted octanol–water partition coefficient (Wildman–Crippen LogP) is 6.44. The number of benzene rings is 4. The molecule has 0 atom stereocenters. The molecule has 5 rings (SSSR count). The van der Waals surface area contributed by atoms with Gasteiger partial charge in [0.05, 0.1) is 0 Å². The summed E-state index contributed by atoms with van der Waals surface area (Å²) >= 11 is -0.482. The third kappa shape index (κ3) is 4.95. The predicted molar refractivity (Wildman–Crippen MR) is 181 cm³/mol. The van der Waals surface area contributed by atoms with E-state index in [0.29, 0.717) is 0 Å². The van der Waals surface area contributed by atoms with Gasteiger partial charge < -0.3 is 0 Å². The molecule has 1 aliphatic rings. The molecule has 4 aromatic rings. The van der Waals surface area contributed by atoms with E-state index >= 15 is 0 Å². The zero-order valence-corrected chi connectivity index (χ0v) is 29.3. The molecule has 1 heterocycles. The fourth-order valence-corrected chi connectivity index (χ4v) is 40.9. The van der Waals surface area contributed by atoms with Crippen molar-refractivity contribution < 1.29 is 0 Å². The van der Waals surface area contributed by atoms with Gasteiger partial charge in [-0.15, -0.1) is 0 Å². The number of nitrogens with zero attached hydrogens (tertiary/aromatic N) is 1. The van der Waals surface area contributed by atoms with E-state index in [0.717, 1.165) is 0 Å². The van der Waals surface area contributed by atoms with Gasteiger partial charge in [-0.1, -0.05) is 0 Å². The van der Waals surface area contributed by atoms with Gasteiger partial charge in [0.1, 0.15) is 0 Å². The van der Waals surface area contributed by atoms with Gasteiger partial charge in [0.2, 0.25) is 0 Å². The van der Waals surface area contributed by atoms with Crippen LogP contribution in [0.5, 0.6) is 0 Å². The number of nitrogens with one attached hydrogen (secondary N) is 1. The van der Waals surface area contributed by atoms with Gasteiger partial charge in [-0.25, -0.2) is 0 Å². The molecule has 194 valence electrons. The number of hydrogen-bond donors (Lipinski definition) is 1. The molecule has 2 nitrogen and oxygen atoms in total. The van der Waals surface area contributed by atoms with E-state index in [4.69, 9.17) is 0 Å². The monoisotopic (exact) mass is 631 g/mol. The molecule has 1 N–H and O–H groups in total. The van der Waals surface area contributed by atoms with Crippen LogP contribution in [0.15, 0.2) is 121 Å². The third-order valence-corrected chi connectivity index (χ3v) is 35.9. The topological polar surface area (TPSA) is 15.3 Å². The second-order valence-electron chi connectivity index (χ2n) is 11.9. The van der Waals surface area contributed by atoms with Gasteiger partial charge in [-0.2, -0.15) is 0 Å². The van der Waals surface area contributed by atoms with Crippen molar-refractivity contribution in [3.8, 4) is 0 Å². The Kier molecular flexibility index (Phi) is 7.99. The van der Waals surface area contributed by atoms with Gasteiger partial charge in [0.25, 0.3) is 0 Å². The van der Waals surface area contributed by atoms with Crippen LogP contribution in [0.3, 0.4) is 0 Å². The second-order valence-corrected chi connectivity index (χ2v) is 34.8.